The number of amides is 1. The molecule has 0 aromatic carbocycles. The molecule has 1 saturated carbocycles. The largest absolute Gasteiger partial charge is 0.421 e. The normalized spacial score (nSPS) is 23.9. The van der Waals surface area contributed by atoms with Gasteiger partial charge in [-0.3, -0.25) is 9.59 Å². The minimum absolute atomic E-state index is 0.0486. The van der Waals surface area contributed by atoms with E-state index in [2.05, 4.69) is 40.0 Å². The van der Waals surface area contributed by atoms with Crippen molar-refractivity contribution in [1.82, 2.24) is 24.6 Å². The second-order valence-electron chi connectivity index (χ2n) is 12.7. The van der Waals surface area contributed by atoms with Gasteiger partial charge in [-0.25, -0.2) is 14.6 Å². The van der Waals surface area contributed by atoms with Crippen LogP contribution in [0.3, 0.4) is 0 Å². The van der Waals surface area contributed by atoms with E-state index in [1.54, 1.807) is 9.80 Å². The molecule has 2 aromatic heterocycles. The predicted octanol–water partition coefficient (Wildman–Crippen LogP) is 3.45. The molecule has 0 spiro atoms. The Hall–Kier alpha value is -3.25. The molecule has 3 saturated heterocycles. The van der Waals surface area contributed by atoms with E-state index in [0.29, 0.717) is 36.2 Å². The number of nitrogens with one attached hydrogen (secondary N) is 1. The maximum absolute atomic E-state index is 13.7. The predicted molar refractivity (Wildman–Crippen MR) is 148 cm³/mol. The van der Waals surface area contributed by atoms with Crippen molar-refractivity contribution >= 4 is 25.7 Å². The third-order valence-corrected chi connectivity index (χ3v) is 9.66. The highest BCUT2D eigenvalue weighted by molar-refractivity contribution is 6.76. The Morgan fingerprint density at radius 2 is 1.68 bits per heavy atom. The second-order valence-corrected chi connectivity index (χ2v) is 18.3. The number of hydrogen-bond donors (Lipinski definition) is 1. The smallest absolute Gasteiger partial charge is 0.363 e. The SMILES string of the molecule is C[Si](C)(C)CCOCn1nc(N[C@]23CO[C@](C(=O)N4CCN(c5ncc(C(F)(F)F)cn5)CC4)(C2)C3)cc(C(F)(F)F)c1=O. The number of nitrogens with zero attached hydrogens (tertiary/aromatic N) is 6. The summed E-state index contributed by atoms with van der Waals surface area (Å²) in [6.45, 7) is 7.38. The summed E-state index contributed by atoms with van der Waals surface area (Å²) >= 11 is 0. The van der Waals surface area contributed by atoms with E-state index in [1.165, 1.54) is 0 Å². The number of carbonyl (C=O) groups excluding carboxylic acids is 1. The maximum Gasteiger partial charge on any atom is 0.421 e. The van der Waals surface area contributed by atoms with Gasteiger partial charge in [-0.1, -0.05) is 19.6 Å². The van der Waals surface area contributed by atoms with Crippen LogP contribution in [0.15, 0.2) is 23.3 Å². The molecule has 0 radical (unpaired) electrons. The van der Waals surface area contributed by atoms with Gasteiger partial charge in [0.1, 0.15) is 18.1 Å². The minimum atomic E-state index is -4.91. The van der Waals surface area contributed by atoms with Crippen LogP contribution in [0.1, 0.15) is 24.0 Å². The van der Waals surface area contributed by atoms with E-state index in [1.807, 2.05) is 0 Å². The summed E-state index contributed by atoms with van der Waals surface area (Å²) in [6.07, 6.45) is -7.65. The number of alkyl halides is 6. The second kappa shape index (κ2) is 11.3. The average Bonchev–Trinajstić information content (AvgIpc) is 3.47. The number of carbonyl (C=O) groups is 1. The molecule has 1 aliphatic carbocycles. The van der Waals surface area contributed by atoms with Crippen LogP contribution in [-0.2, 0) is 33.4 Å². The zero-order valence-electron chi connectivity index (χ0n) is 24.4. The van der Waals surface area contributed by atoms with Gasteiger partial charge in [0.2, 0.25) is 5.95 Å². The molecule has 2 aromatic rings. The first-order valence-electron chi connectivity index (χ1n) is 14.0. The Kier molecular flexibility index (Phi) is 8.24. The minimum Gasteiger partial charge on any atom is -0.363 e. The Morgan fingerprint density at radius 1 is 1.05 bits per heavy atom. The van der Waals surface area contributed by atoms with Crippen LogP contribution in [0.25, 0.3) is 0 Å². The summed E-state index contributed by atoms with van der Waals surface area (Å²) in [5.74, 6) is -0.326. The number of aromatic nitrogens is 4. The highest BCUT2D eigenvalue weighted by atomic mass is 28.3. The molecule has 242 valence electrons. The van der Waals surface area contributed by atoms with Crippen LogP contribution in [0.2, 0.25) is 25.7 Å². The molecule has 2 bridgehead atoms. The summed E-state index contributed by atoms with van der Waals surface area (Å²) in [7, 11) is -1.46. The van der Waals surface area contributed by atoms with E-state index in [4.69, 9.17) is 9.47 Å². The fraction of sp³-hybridized carbons (Fsp3) is 0.654. The Morgan fingerprint density at radius 3 is 2.25 bits per heavy atom. The maximum atomic E-state index is 13.7. The van der Waals surface area contributed by atoms with Gasteiger partial charge in [-0.05, 0) is 6.04 Å². The molecule has 6 rings (SSSR count). The first kappa shape index (κ1) is 32.1. The monoisotopic (exact) mass is 649 g/mol. The quantitative estimate of drug-likeness (QED) is 0.248. The van der Waals surface area contributed by atoms with Gasteiger partial charge in [0, 0.05) is 72.2 Å². The van der Waals surface area contributed by atoms with Crippen molar-refractivity contribution in [3.05, 3.63) is 39.9 Å². The van der Waals surface area contributed by atoms with Crippen molar-refractivity contribution in [2.45, 2.75) is 68.8 Å². The zero-order chi connectivity index (χ0) is 32.1. The summed E-state index contributed by atoms with van der Waals surface area (Å²) in [6, 6.07) is 1.43. The molecule has 0 unspecified atom stereocenters. The van der Waals surface area contributed by atoms with Crippen molar-refractivity contribution in [3.8, 4) is 0 Å². The fourth-order valence-electron chi connectivity index (χ4n) is 5.58. The lowest BCUT2D eigenvalue weighted by Crippen LogP contribution is -2.63. The van der Waals surface area contributed by atoms with Crippen molar-refractivity contribution in [2.24, 2.45) is 0 Å². The topological polar surface area (TPSA) is 115 Å². The molecule has 5 heterocycles. The lowest BCUT2D eigenvalue weighted by atomic mass is 9.67. The van der Waals surface area contributed by atoms with Gasteiger partial charge >= 0.3 is 12.4 Å². The van der Waals surface area contributed by atoms with Gasteiger partial charge in [-0.15, -0.1) is 5.10 Å². The number of anilines is 2. The summed E-state index contributed by atoms with van der Waals surface area (Å²) in [4.78, 5) is 36.8. The van der Waals surface area contributed by atoms with Gasteiger partial charge in [0.25, 0.3) is 11.5 Å². The Balaban J connectivity index is 1.21. The fourth-order valence-corrected chi connectivity index (χ4v) is 6.34. The molecule has 1 N–H and O–H groups in total. The summed E-state index contributed by atoms with van der Waals surface area (Å²) in [5, 5.41) is 7.06. The Bertz CT molecular complexity index is 1430. The number of halogens is 6. The van der Waals surface area contributed by atoms with E-state index in [0.717, 1.165) is 6.04 Å². The van der Waals surface area contributed by atoms with Crippen molar-refractivity contribution in [2.75, 3.05) is 49.6 Å². The lowest BCUT2D eigenvalue weighted by Gasteiger charge is -2.47. The van der Waals surface area contributed by atoms with Crippen LogP contribution >= 0.6 is 0 Å². The van der Waals surface area contributed by atoms with Crippen LogP contribution in [-0.4, -0.2) is 89.2 Å². The molecular weight excluding hydrogens is 616 g/mol. The van der Waals surface area contributed by atoms with Gasteiger partial charge in [-0.2, -0.15) is 26.3 Å². The summed E-state index contributed by atoms with van der Waals surface area (Å²) in [5.41, 5.74) is -5.64. The lowest BCUT2D eigenvalue weighted by molar-refractivity contribution is -0.155. The summed E-state index contributed by atoms with van der Waals surface area (Å²) < 4.78 is 91.6. The zero-order valence-corrected chi connectivity index (χ0v) is 25.4. The number of piperazine rings is 1. The van der Waals surface area contributed by atoms with Crippen LogP contribution in [0, 0.1) is 0 Å². The molecule has 1 amide bonds. The highest BCUT2D eigenvalue weighted by Crippen LogP contribution is 2.54. The van der Waals surface area contributed by atoms with Gasteiger partial charge < -0.3 is 24.6 Å². The molecular formula is C26H33F6N7O4Si. The molecule has 11 nitrogen and oxygen atoms in total. The number of hydrogen-bond acceptors (Lipinski definition) is 9. The van der Waals surface area contributed by atoms with Gasteiger partial charge in [0.05, 0.1) is 17.7 Å². The van der Waals surface area contributed by atoms with Crippen molar-refractivity contribution in [1.29, 1.82) is 0 Å². The van der Waals surface area contributed by atoms with E-state index >= 15 is 0 Å². The molecule has 0 atom stereocenters. The third kappa shape index (κ3) is 6.70. The van der Waals surface area contributed by atoms with E-state index in [9.17, 15) is 35.9 Å². The third-order valence-electron chi connectivity index (χ3n) is 7.96. The van der Waals surface area contributed by atoms with Crippen LogP contribution < -0.4 is 15.8 Å². The van der Waals surface area contributed by atoms with Gasteiger partial charge in [0.15, 0.2) is 5.60 Å². The number of fused-ring (bicyclic) bond motifs is 1. The standard InChI is InChI=1S/C26H33F6N7O4Si/c1-44(2,3)9-8-42-16-39-20(40)18(26(30,31)32)10-19(36-39)35-23-13-24(14-23,43-15-23)21(41)37-4-6-38(7-5-37)22-33-11-17(12-34-22)25(27,28)29/h10-12H,4-9,13-16H2,1-3H3,(H,35,36)/t23-,24-. The first-order chi connectivity index (χ1) is 20.4. The highest BCUT2D eigenvalue weighted by Gasteiger charge is 2.67. The number of rotatable bonds is 9. The van der Waals surface area contributed by atoms with E-state index in [-0.39, 0.29) is 56.8 Å². The Labute approximate surface area is 249 Å². The molecule has 44 heavy (non-hydrogen) atoms. The van der Waals surface area contributed by atoms with Crippen LogP contribution in [0.5, 0.6) is 0 Å². The molecule has 3 aliphatic heterocycles. The average molecular weight is 650 g/mol. The van der Waals surface area contributed by atoms with E-state index < -0.39 is 55.0 Å². The van der Waals surface area contributed by atoms with Crippen molar-refractivity contribution in [3.63, 3.8) is 0 Å². The van der Waals surface area contributed by atoms with Crippen LogP contribution in [0.4, 0.5) is 38.1 Å². The molecule has 18 heteroatoms. The molecule has 4 fully saturated rings. The number of ether oxygens (including phenoxy) is 2. The van der Waals surface area contributed by atoms with Crippen molar-refractivity contribution < 1.29 is 40.6 Å². The molecule has 4 aliphatic rings. The first-order valence-corrected chi connectivity index (χ1v) is 17.7.